The van der Waals surface area contributed by atoms with Crippen molar-refractivity contribution in [3.05, 3.63) is 87.2 Å². The van der Waals surface area contributed by atoms with E-state index in [2.05, 4.69) is 0 Å². The lowest BCUT2D eigenvalue weighted by atomic mass is 9.53. The maximum atomic E-state index is 15.6. The molecular formula is C27H19F9O4. The molecule has 0 amide bonds. The van der Waals surface area contributed by atoms with Crippen molar-refractivity contribution < 1.29 is 59.9 Å². The van der Waals surface area contributed by atoms with Crippen molar-refractivity contribution >= 4 is 0 Å². The third-order valence-corrected chi connectivity index (χ3v) is 8.41. The van der Waals surface area contributed by atoms with E-state index in [1.165, 1.54) is 6.92 Å². The number of aromatic hydroxyl groups is 3. The van der Waals surface area contributed by atoms with Crippen molar-refractivity contribution in [2.45, 2.75) is 49.0 Å². The van der Waals surface area contributed by atoms with Crippen LogP contribution < -0.4 is 0 Å². The fraction of sp³-hybridized carbons (Fsp3) is 0.333. The van der Waals surface area contributed by atoms with Gasteiger partial charge in [0, 0.05) is 45.7 Å². The van der Waals surface area contributed by atoms with Gasteiger partial charge in [0.05, 0.1) is 5.60 Å². The maximum absolute atomic E-state index is 15.6. The molecule has 0 radical (unpaired) electrons. The minimum absolute atomic E-state index is 0.0315. The molecule has 40 heavy (non-hydrogen) atoms. The Labute approximate surface area is 219 Å². The van der Waals surface area contributed by atoms with Crippen LogP contribution in [0.2, 0.25) is 0 Å². The summed E-state index contributed by atoms with van der Waals surface area (Å²) in [6, 6.07) is 0.0467. The van der Waals surface area contributed by atoms with Gasteiger partial charge in [0.1, 0.15) is 17.5 Å². The standard InChI is InChI=1S/C27H19F9O4/c1-9-5-25(40)6-26(9,16-10(28)2-13(31)22(37)19(16)34)8-27(7-25,17-11(29)3-14(32)23(38)20(17)35)18-12(30)4-15(33)24(39)21(18)36/h2-4,9,37-40H,5-8H2,1H3/t9-,25?,26?/m0/s1. The van der Waals surface area contributed by atoms with E-state index in [9.17, 15) is 33.6 Å². The average Bonchev–Trinajstić information content (AvgIpc) is 3.03. The first-order valence-electron chi connectivity index (χ1n) is 11.8. The fourth-order valence-electron chi connectivity index (χ4n) is 7.11. The summed E-state index contributed by atoms with van der Waals surface area (Å²) in [5.41, 5.74) is -11.3. The normalized spacial score (nSPS) is 25.4. The highest BCUT2D eigenvalue weighted by Crippen LogP contribution is 2.67. The van der Waals surface area contributed by atoms with E-state index in [0.717, 1.165) is 0 Å². The minimum atomic E-state index is -2.93. The minimum Gasteiger partial charge on any atom is -0.503 e. The van der Waals surface area contributed by atoms with Gasteiger partial charge in [-0.25, -0.2) is 39.5 Å². The molecule has 4 N–H and O–H groups in total. The summed E-state index contributed by atoms with van der Waals surface area (Å²) < 4.78 is 135. The van der Waals surface area contributed by atoms with Crippen molar-refractivity contribution in [2.75, 3.05) is 0 Å². The number of phenolic OH excluding ortho intramolecular Hbond substituents is 3. The quantitative estimate of drug-likeness (QED) is 0.278. The Morgan fingerprint density at radius 1 is 0.575 bits per heavy atom. The molecule has 2 aliphatic carbocycles. The molecule has 4 nitrogen and oxygen atoms in total. The Morgan fingerprint density at radius 3 is 1.38 bits per heavy atom. The highest BCUT2D eigenvalue weighted by atomic mass is 19.2. The summed E-state index contributed by atoms with van der Waals surface area (Å²) in [5.74, 6) is -23.0. The second-order valence-electron chi connectivity index (χ2n) is 10.7. The molecule has 0 aromatic heterocycles. The number of benzene rings is 3. The predicted octanol–water partition coefficient (Wildman–Crippen LogP) is 6.23. The van der Waals surface area contributed by atoms with Crippen molar-refractivity contribution in [2.24, 2.45) is 5.92 Å². The number of hydrogen-bond donors (Lipinski definition) is 4. The van der Waals surface area contributed by atoms with E-state index in [1.54, 1.807) is 0 Å². The SMILES string of the molecule is C[C@H]1CC2(O)CC(c3c(F)cc(F)c(O)c3F)(c3c(F)cc(F)c(O)c3F)CC1(c1c(F)cc(F)c(O)c1F)C2. The van der Waals surface area contributed by atoms with E-state index >= 15 is 26.3 Å². The first kappa shape index (κ1) is 27.9. The van der Waals surface area contributed by atoms with Crippen molar-refractivity contribution in [3.63, 3.8) is 0 Å². The molecule has 2 fully saturated rings. The van der Waals surface area contributed by atoms with Crippen molar-refractivity contribution in [3.8, 4) is 17.2 Å². The molecule has 0 heterocycles. The van der Waals surface area contributed by atoms with Gasteiger partial charge in [0.15, 0.2) is 52.2 Å². The number of rotatable bonds is 3. The molecule has 0 spiro atoms. The lowest BCUT2D eigenvalue weighted by Gasteiger charge is -2.51. The number of halogens is 9. The van der Waals surface area contributed by atoms with Gasteiger partial charge in [-0.05, 0) is 31.6 Å². The van der Waals surface area contributed by atoms with Gasteiger partial charge in [-0.1, -0.05) is 6.92 Å². The number of phenols is 3. The number of hydrogen-bond acceptors (Lipinski definition) is 4. The van der Waals surface area contributed by atoms with Crippen LogP contribution in [0.5, 0.6) is 17.2 Å². The van der Waals surface area contributed by atoms with Gasteiger partial charge in [-0.15, -0.1) is 0 Å². The van der Waals surface area contributed by atoms with Crippen LogP contribution in [0.1, 0.15) is 49.3 Å². The van der Waals surface area contributed by atoms with Crippen LogP contribution in [0.15, 0.2) is 18.2 Å². The molecule has 214 valence electrons. The highest BCUT2D eigenvalue weighted by Gasteiger charge is 2.66. The predicted molar refractivity (Wildman–Crippen MR) is 119 cm³/mol. The lowest BCUT2D eigenvalue weighted by molar-refractivity contribution is -0.0142. The van der Waals surface area contributed by atoms with Crippen LogP contribution >= 0.6 is 0 Å². The Hall–Kier alpha value is -3.61. The monoisotopic (exact) mass is 578 g/mol. The zero-order valence-corrected chi connectivity index (χ0v) is 20.3. The second kappa shape index (κ2) is 8.69. The Bertz CT molecular complexity index is 1530. The van der Waals surface area contributed by atoms with Crippen LogP contribution in [0, 0.1) is 58.3 Å². The number of aliphatic hydroxyl groups is 1. The highest BCUT2D eigenvalue weighted by molar-refractivity contribution is 5.53. The van der Waals surface area contributed by atoms with Crippen LogP contribution in [-0.4, -0.2) is 26.0 Å². The zero-order chi connectivity index (χ0) is 29.7. The number of fused-ring (bicyclic) bond motifs is 2. The average molecular weight is 578 g/mol. The first-order valence-corrected chi connectivity index (χ1v) is 11.8. The molecule has 3 aromatic rings. The van der Waals surface area contributed by atoms with Crippen molar-refractivity contribution in [1.29, 1.82) is 0 Å². The first-order chi connectivity index (χ1) is 18.5. The van der Waals surface area contributed by atoms with Crippen LogP contribution in [0.25, 0.3) is 0 Å². The van der Waals surface area contributed by atoms with E-state index in [1.807, 2.05) is 0 Å². The molecule has 13 heteroatoms. The second-order valence-corrected chi connectivity index (χ2v) is 10.7. The molecule has 3 atom stereocenters. The van der Waals surface area contributed by atoms with E-state index in [4.69, 9.17) is 0 Å². The molecule has 2 aliphatic rings. The van der Waals surface area contributed by atoms with Gasteiger partial charge >= 0.3 is 0 Å². The smallest absolute Gasteiger partial charge is 0.188 e. The molecule has 2 saturated carbocycles. The summed E-state index contributed by atoms with van der Waals surface area (Å²) in [5, 5.41) is 41.4. The summed E-state index contributed by atoms with van der Waals surface area (Å²) in [6.07, 6.45) is -3.13. The van der Waals surface area contributed by atoms with Gasteiger partial charge in [0.25, 0.3) is 0 Å². The molecule has 0 aliphatic heterocycles. The van der Waals surface area contributed by atoms with Crippen LogP contribution in [0.4, 0.5) is 39.5 Å². The van der Waals surface area contributed by atoms with E-state index in [0.29, 0.717) is 0 Å². The molecule has 3 aromatic carbocycles. The molecule has 0 saturated heterocycles. The van der Waals surface area contributed by atoms with Gasteiger partial charge in [0.2, 0.25) is 0 Å². The van der Waals surface area contributed by atoms with Gasteiger partial charge in [-0.3, -0.25) is 0 Å². The van der Waals surface area contributed by atoms with Gasteiger partial charge < -0.3 is 20.4 Å². The van der Waals surface area contributed by atoms with Gasteiger partial charge in [-0.2, -0.15) is 0 Å². The Morgan fingerprint density at radius 2 is 0.950 bits per heavy atom. The van der Waals surface area contributed by atoms with Crippen LogP contribution in [-0.2, 0) is 10.8 Å². The molecule has 5 rings (SSSR count). The van der Waals surface area contributed by atoms with Crippen molar-refractivity contribution in [1.82, 2.24) is 0 Å². The summed E-state index contributed by atoms with van der Waals surface area (Å²) in [6.45, 7) is 1.33. The Balaban J connectivity index is 1.96. The molecular weight excluding hydrogens is 559 g/mol. The maximum Gasteiger partial charge on any atom is 0.188 e. The third-order valence-electron chi connectivity index (χ3n) is 8.41. The fourth-order valence-corrected chi connectivity index (χ4v) is 7.11. The van der Waals surface area contributed by atoms with E-state index < -0.39 is 134 Å². The topological polar surface area (TPSA) is 80.9 Å². The summed E-state index contributed by atoms with van der Waals surface area (Å²) in [7, 11) is 0. The van der Waals surface area contributed by atoms with Crippen LogP contribution in [0.3, 0.4) is 0 Å². The Kier molecular flexibility index (Phi) is 6.07. The molecule has 2 unspecified atom stereocenters. The van der Waals surface area contributed by atoms with E-state index in [-0.39, 0.29) is 18.2 Å². The largest absolute Gasteiger partial charge is 0.503 e. The summed E-state index contributed by atoms with van der Waals surface area (Å²) >= 11 is 0. The summed E-state index contributed by atoms with van der Waals surface area (Å²) in [4.78, 5) is 0. The molecule has 2 bridgehead atoms. The lowest BCUT2D eigenvalue weighted by Crippen LogP contribution is -2.51. The third kappa shape index (κ3) is 3.59. The zero-order valence-electron chi connectivity index (χ0n) is 20.3.